The molecule has 1 fully saturated rings. The predicted octanol–water partition coefficient (Wildman–Crippen LogP) is 4.15. The van der Waals surface area contributed by atoms with Crippen LogP contribution in [0.2, 0.25) is 0 Å². The Morgan fingerprint density at radius 3 is 2.42 bits per heavy atom. The van der Waals surface area contributed by atoms with Crippen molar-refractivity contribution in [3.05, 3.63) is 51.3 Å². The van der Waals surface area contributed by atoms with Crippen molar-refractivity contribution >= 4 is 56.5 Å². The molecule has 1 saturated heterocycles. The van der Waals surface area contributed by atoms with Gasteiger partial charge < -0.3 is 19.5 Å². The second-order valence-corrected chi connectivity index (χ2v) is 8.13. The molecule has 0 aromatic heterocycles. The topological polar surface area (TPSA) is 94.2 Å². The first-order valence-corrected chi connectivity index (χ1v) is 10.6. The van der Waals surface area contributed by atoms with Gasteiger partial charge in [0.1, 0.15) is 12.3 Å². The van der Waals surface area contributed by atoms with Crippen molar-refractivity contribution in [2.24, 2.45) is 0 Å². The lowest BCUT2D eigenvalue weighted by atomic mass is 10.2. The number of nitrogens with one attached hydrogen (secondary N) is 1. The molecular formula is C21H19BrN2O6S. The molecular weight excluding hydrogens is 488 g/mol. The lowest BCUT2D eigenvalue weighted by Gasteiger charge is -2.13. The van der Waals surface area contributed by atoms with Crippen LogP contribution in [0.4, 0.5) is 10.5 Å². The van der Waals surface area contributed by atoms with Gasteiger partial charge in [0, 0.05) is 5.69 Å². The number of carbonyl (C=O) groups excluding carboxylic acids is 3. The zero-order chi connectivity index (χ0) is 22.5. The van der Waals surface area contributed by atoms with Crippen LogP contribution >= 0.6 is 27.7 Å². The fourth-order valence-electron chi connectivity index (χ4n) is 2.83. The van der Waals surface area contributed by atoms with Gasteiger partial charge in [-0.05, 0) is 75.7 Å². The Labute approximate surface area is 191 Å². The third kappa shape index (κ3) is 5.20. The minimum Gasteiger partial charge on any atom is -0.497 e. The van der Waals surface area contributed by atoms with Crippen molar-refractivity contribution in [2.45, 2.75) is 0 Å². The molecule has 0 unspecified atom stereocenters. The smallest absolute Gasteiger partial charge is 0.294 e. The van der Waals surface area contributed by atoms with Crippen LogP contribution in [-0.2, 0) is 9.59 Å². The standard InChI is InChI=1S/C21H19BrN2O6S/c1-28-14-6-4-13(5-7-14)23-18(25)11-24-20(26)17(31-21(24)27)10-12-8-15(22)19(30-3)16(9-12)29-2/h4-10H,11H2,1-3H3,(H,23,25)/b17-10+. The quantitative estimate of drug-likeness (QED) is 0.563. The third-order valence-corrected chi connectivity index (χ3v) is 5.80. The molecule has 8 nitrogen and oxygen atoms in total. The molecule has 0 radical (unpaired) electrons. The van der Waals surface area contributed by atoms with E-state index in [-0.39, 0.29) is 11.4 Å². The Balaban J connectivity index is 1.73. The number of hydrogen-bond acceptors (Lipinski definition) is 7. The average Bonchev–Trinajstić information content (AvgIpc) is 3.01. The van der Waals surface area contributed by atoms with E-state index in [1.807, 2.05) is 0 Å². The molecule has 162 valence electrons. The molecule has 3 amide bonds. The minimum absolute atomic E-state index is 0.210. The minimum atomic E-state index is -0.536. The molecule has 2 aromatic rings. The number of anilines is 1. The lowest BCUT2D eigenvalue weighted by Crippen LogP contribution is -2.36. The number of halogens is 1. The SMILES string of the molecule is COc1ccc(NC(=O)CN2C(=O)S/C(=C/c3cc(Br)c(OC)c(OC)c3)C2=O)cc1. The summed E-state index contributed by atoms with van der Waals surface area (Å²) in [5.74, 6) is 0.619. The number of hydrogen-bond donors (Lipinski definition) is 1. The first-order chi connectivity index (χ1) is 14.9. The van der Waals surface area contributed by atoms with Crippen molar-refractivity contribution in [1.29, 1.82) is 0 Å². The maximum atomic E-state index is 12.7. The Hall–Kier alpha value is -2.98. The normalized spacial score (nSPS) is 14.7. The Bertz CT molecular complexity index is 1050. The third-order valence-electron chi connectivity index (χ3n) is 4.30. The number of thioether (sulfide) groups is 1. The highest BCUT2D eigenvalue weighted by Crippen LogP contribution is 2.38. The van der Waals surface area contributed by atoms with Gasteiger partial charge in [-0.1, -0.05) is 0 Å². The van der Waals surface area contributed by atoms with Crippen LogP contribution in [0.3, 0.4) is 0 Å². The van der Waals surface area contributed by atoms with Gasteiger partial charge in [0.2, 0.25) is 5.91 Å². The van der Waals surface area contributed by atoms with Crippen molar-refractivity contribution in [3.63, 3.8) is 0 Å². The molecule has 31 heavy (non-hydrogen) atoms. The van der Waals surface area contributed by atoms with Crippen molar-refractivity contribution in [1.82, 2.24) is 4.90 Å². The highest BCUT2D eigenvalue weighted by atomic mass is 79.9. The second-order valence-electron chi connectivity index (χ2n) is 6.28. The Morgan fingerprint density at radius 2 is 1.81 bits per heavy atom. The molecule has 10 heteroatoms. The van der Waals surface area contributed by atoms with Gasteiger partial charge in [-0.3, -0.25) is 19.3 Å². The summed E-state index contributed by atoms with van der Waals surface area (Å²) in [6.07, 6.45) is 1.57. The number of carbonyl (C=O) groups is 3. The van der Waals surface area contributed by atoms with Crippen LogP contribution in [0.1, 0.15) is 5.56 Å². The van der Waals surface area contributed by atoms with Gasteiger partial charge in [-0.15, -0.1) is 0 Å². The second kappa shape index (κ2) is 9.88. The molecule has 1 N–H and O–H groups in total. The summed E-state index contributed by atoms with van der Waals surface area (Å²) >= 11 is 4.17. The fourth-order valence-corrected chi connectivity index (χ4v) is 4.29. The van der Waals surface area contributed by atoms with Gasteiger partial charge in [-0.25, -0.2) is 0 Å². The van der Waals surface area contributed by atoms with E-state index in [9.17, 15) is 14.4 Å². The molecule has 0 saturated carbocycles. The first-order valence-electron chi connectivity index (χ1n) is 8.97. The van der Waals surface area contributed by atoms with E-state index < -0.39 is 17.1 Å². The van der Waals surface area contributed by atoms with Crippen LogP contribution < -0.4 is 19.5 Å². The number of benzene rings is 2. The maximum Gasteiger partial charge on any atom is 0.294 e. The van der Waals surface area contributed by atoms with E-state index in [0.717, 1.165) is 16.7 Å². The van der Waals surface area contributed by atoms with Crippen LogP contribution in [0.25, 0.3) is 6.08 Å². The van der Waals surface area contributed by atoms with Crippen molar-refractivity contribution < 1.29 is 28.6 Å². The summed E-state index contributed by atoms with van der Waals surface area (Å²) in [5.41, 5.74) is 1.17. The fraction of sp³-hybridized carbons (Fsp3) is 0.190. The molecule has 0 atom stereocenters. The molecule has 0 spiro atoms. The van der Waals surface area contributed by atoms with Gasteiger partial charge in [0.15, 0.2) is 11.5 Å². The summed E-state index contributed by atoms with van der Waals surface area (Å²) in [4.78, 5) is 38.5. The van der Waals surface area contributed by atoms with E-state index in [1.54, 1.807) is 49.6 Å². The van der Waals surface area contributed by atoms with E-state index in [2.05, 4.69) is 21.2 Å². The summed E-state index contributed by atoms with van der Waals surface area (Å²) in [6, 6.07) is 10.2. The monoisotopic (exact) mass is 506 g/mol. The number of imide groups is 1. The molecule has 2 aromatic carbocycles. The zero-order valence-electron chi connectivity index (χ0n) is 16.9. The molecule has 1 aliphatic rings. The van der Waals surface area contributed by atoms with Gasteiger partial charge in [0.05, 0.1) is 30.7 Å². The first kappa shape index (κ1) is 22.7. The van der Waals surface area contributed by atoms with Crippen molar-refractivity contribution in [2.75, 3.05) is 33.2 Å². The predicted molar refractivity (Wildman–Crippen MR) is 122 cm³/mol. The Morgan fingerprint density at radius 1 is 1.10 bits per heavy atom. The largest absolute Gasteiger partial charge is 0.497 e. The number of methoxy groups -OCH3 is 3. The maximum absolute atomic E-state index is 12.7. The van der Waals surface area contributed by atoms with Crippen LogP contribution in [0.15, 0.2) is 45.8 Å². The van der Waals surface area contributed by atoms with E-state index in [4.69, 9.17) is 14.2 Å². The van der Waals surface area contributed by atoms with Crippen LogP contribution in [-0.4, -0.2) is 49.8 Å². The number of amides is 3. The highest BCUT2D eigenvalue weighted by molar-refractivity contribution is 9.10. The summed E-state index contributed by atoms with van der Waals surface area (Å²) in [7, 11) is 4.57. The van der Waals surface area contributed by atoms with E-state index in [1.165, 1.54) is 14.2 Å². The van der Waals surface area contributed by atoms with Crippen LogP contribution in [0, 0.1) is 0 Å². The summed E-state index contributed by atoms with van der Waals surface area (Å²) in [5, 5.41) is 2.14. The molecule has 0 aliphatic carbocycles. The molecule has 1 heterocycles. The van der Waals surface area contributed by atoms with Gasteiger partial charge in [-0.2, -0.15) is 0 Å². The average molecular weight is 507 g/mol. The zero-order valence-corrected chi connectivity index (χ0v) is 19.3. The van der Waals surface area contributed by atoms with E-state index >= 15 is 0 Å². The van der Waals surface area contributed by atoms with Gasteiger partial charge in [0.25, 0.3) is 11.1 Å². The molecule has 0 bridgehead atoms. The summed E-state index contributed by atoms with van der Waals surface area (Å²) in [6.45, 7) is -0.385. The molecule has 1 aliphatic heterocycles. The lowest BCUT2D eigenvalue weighted by molar-refractivity contribution is -0.127. The van der Waals surface area contributed by atoms with Crippen LogP contribution in [0.5, 0.6) is 17.2 Å². The molecule has 3 rings (SSSR count). The van der Waals surface area contributed by atoms with Crippen molar-refractivity contribution in [3.8, 4) is 17.2 Å². The van der Waals surface area contributed by atoms with E-state index in [0.29, 0.717) is 33.0 Å². The number of rotatable bonds is 7. The Kier molecular flexibility index (Phi) is 7.24. The highest BCUT2D eigenvalue weighted by Gasteiger charge is 2.36. The summed E-state index contributed by atoms with van der Waals surface area (Å²) < 4.78 is 16.3. The number of ether oxygens (including phenoxy) is 3. The number of nitrogens with zero attached hydrogens (tertiary/aromatic N) is 1. The van der Waals surface area contributed by atoms with Gasteiger partial charge >= 0.3 is 0 Å².